The molecule has 1 atom stereocenters. The zero-order valence-corrected chi connectivity index (χ0v) is 19.8. The molecule has 0 aliphatic heterocycles. The molecule has 2 heterocycles. The van der Waals surface area contributed by atoms with Crippen molar-refractivity contribution in [2.75, 3.05) is 31.5 Å². The Bertz CT molecular complexity index is 914. The van der Waals surface area contributed by atoms with Gasteiger partial charge in [0.15, 0.2) is 5.96 Å². The first-order chi connectivity index (χ1) is 13.6. The number of nitrogens with zero attached hydrogens (tertiary/aromatic N) is 2. The minimum atomic E-state index is -0.977. The van der Waals surface area contributed by atoms with Gasteiger partial charge < -0.3 is 21.1 Å². The zero-order chi connectivity index (χ0) is 19.8. The first-order valence-electron chi connectivity index (χ1n) is 9.45. The van der Waals surface area contributed by atoms with E-state index in [2.05, 4.69) is 38.1 Å². The molecule has 0 bridgehead atoms. The van der Waals surface area contributed by atoms with E-state index < -0.39 is 5.60 Å². The fourth-order valence-corrected chi connectivity index (χ4v) is 3.56. The number of hydrogen-bond acceptors (Lipinski definition) is 5. The van der Waals surface area contributed by atoms with Crippen LogP contribution in [0.1, 0.15) is 19.4 Å². The summed E-state index contributed by atoms with van der Waals surface area (Å²) in [5, 5.41) is 25.5. The van der Waals surface area contributed by atoms with Gasteiger partial charge in [-0.2, -0.15) is 11.3 Å². The van der Waals surface area contributed by atoms with Crippen molar-refractivity contribution in [3.8, 4) is 0 Å². The highest BCUT2D eigenvalue weighted by Gasteiger charge is 2.23. The first kappa shape index (κ1) is 23.4. The van der Waals surface area contributed by atoms with Gasteiger partial charge in [0.05, 0.1) is 12.1 Å². The molecular weight excluding hydrogens is 497 g/mol. The third kappa shape index (κ3) is 6.83. The summed E-state index contributed by atoms with van der Waals surface area (Å²) in [5.41, 5.74) is 0.891. The third-order valence-electron chi connectivity index (χ3n) is 4.35. The maximum absolute atomic E-state index is 10.6. The first-order valence-corrected chi connectivity index (χ1v) is 10.4. The molecule has 0 radical (unpaired) electrons. The molecule has 8 heteroatoms. The van der Waals surface area contributed by atoms with Crippen LogP contribution in [0.25, 0.3) is 10.9 Å². The number of thiophene rings is 1. The minimum absolute atomic E-state index is 0. The van der Waals surface area contributed by atoms with E-state index in [1.54, 1.807) is 18.3 Å². The molecule has 4 N–H and O–H groups in total. The van der Waals surface area contributed by atoms with E-state index in [1.165, 1.54) is 0 Å². The number of pyridine rings is 1. The molecular formula is C21H28IN5OS. The molecule has 1 aromatic carbocycles. The summed E-state index contributed by atoms with van der Waals surface area (Å²) < 4.78 is 0. The van der Waals surface area contributed by atoms with Crippen molar-refractivity contribution in [2.45, 2.75) is 19.4 Å². The summed E-state index contributed by atoms with van der Waals surface area (Å²) in [6.45, 7) is 6.24. The van der Waals surface area contributed by atoms with Crippen LogP contribution in [0, 0.1) is 0 Å². The van der Waals surface area contributed by atoms with Gasteiger partial charge in [0, 0.05) is 25.0 Å². The molecule has 0 aliphatic rings. The second kappa shape index (κ2) is 11.3. The highest BCUT2D eigenvalue weighted by atomic mass is 127. The van der Waals surface area contributed by atoms with E-state index in [1.807, 2.05) is 48.0 Å². The summed E-state index contributed by atoms with van der Waals surface area (Å²) in [7, 11) is 0. The molecule has 0 saturated carbocycles. The normalized spacial score (nSPS) is 13.4. The molecule has 1 unspecified atom stereocenters. The number of aliphatic hydroxyl groups is 1. The highest BCUT2D eigenvalue weighted by molar-refractivity contribution is 14.0. The van der Waals surface area contributed by atoms with E-state index in [-0.39, 0.29) is 24.0 Å². The Morgan fingerprint density at radius 2 is 1.97 bits per heavy atom. The van der Waals surface area contributed by atoms with Crippen LogP contribution in [-0.4, -0.2) is 42.2 Å². The Balaban J connectivity index is 0.00000300. The van der Waals surface area contributed by atoms with Crippen LogP contribution in [-0.2, 0) is 5.60 Å². The lowest BCUT2D eigenvalue weighted by molar-refractivity contribution is 0.0677. The van der Waals surface area contributed by atoms with Gasteiger partial charge in [-0.15, -0.1) is 24.0 Å². The van der Waals surface area contributed by atoms with Gasteiger partial charge in [-0.25, -0.2) is 9.98 Å². The van der Waals surface area contributed by atoms with Crippen molar-refractivity contribution in [3.05, 3.63) is 58.8 Å². The molecule has 2 aromatic heterocycles. The Hall–Kier alpha value is -1.91. The van der Waals surface area contributed by atoms with E-state index in [9.17, 15) is 5.11 Å². The number of benzene rings is 1. The minimum Gasteiger partial charge on any atom is -0.383 e. The maximum Gasteiger partial charge on any atom is 0.191 e. The number of anilines is 1. The van der Waals surface area contributed by atoms with E-state index in [4.69, 9.17) is 0 Å². The van der Waals surface area contributed by atoms with Gasteiger partial charge in [0.25, 0.3) is 0 Å². The molecule has 0 spiro atoms. The molecule has 156 valence electrons. The molecule has 3 rings (SSSR count). The Labute approximate surface area is 192 Å². The smallest absolute Gasteiger partial charge is 0.191 e. The van der Waals surface area contributed by atoms with Gasteiger partial charge in [-0.1, -0.05) is 18.2 Å². The lowest BCUT2D eigenvalue weighted by Crippen LogP contribution is -2.40. The lowest BCUT2D eigenvalue weighted by atomic mass is 10.00. The molecule has 29 heavy (non-hydrogen) atoms. The quantitative estimate of drug-likeness (QED) is 0.156. The number of rotatable bonds is 8. The van der Waals surface area contributed by atoms with E-state index >= 15 is 0 Å². The number of hydrogen-bond donors (Lipinski definition) is 4. The summed E-state index contributed by atoms with van der Waals surface area (Å²) >= 11 is 1.57. The average molecular weight is 525 g/mol. The van der Waals surface area contributed by atoms with Crippen LogP contribution < -0.4 is 16.0 Å². The largest absolute Gasteiger partial charge is 0.383 e. The molecule has 0 fully saturated rings. The zero-order valence-electron chi connectivity index (χ0n) is 16.7. The summed E-state index contributed by atoms with van der Waals surface area (Å²) in [4.78, 5) is 9.14. The van der Waals surface area contributed by atoms with Crippen molar-refractivity contribution >= 4 is 58.0 Å². The van der Waals surface area contributed by atoms with Crippen LogP contribution in [0.5, 0.6) is 0 Å². The molecule has 0 aliphatic carbocycles. The molecule has 0 saturated heterocycles. The van der Waals surface area contributed by atoms with Crippen LogP contribution in [0.2, 0.25) is 0 Å². The second-order valence-corrected chi connectivity index (χ2v) is 7.50. The molecule has 0 amide bonds. The van der Waals surface area contributed by atoms with Gasteiger partial charge in [0.1, 0.15) is 11.4 Å². The summed E-state index contributed by atoms with van der Waals surface area (Å²) in [6.07, 6.45) is 0. The van der Waals surface area contributed by atoms with Crippen molar-refractivity contribution in [2.24, 2.45) is 4.99 Å². The molecule has 3 aromatic rings. The monoisotopic (exact) mass is 525 g/mol. The van der Waals surface area contributed by atoms with Crippen molar-refractivity contribution < 1.29 is 5.11 Å². The van der Waals surface area contributed by atoms with Crippen molar-refractivity contribution in [1.29, 1.82) is 0 Å². The number of halogens is 1. The number of nitrogens with one attached hydrogen (secondary N) is 3. The SMILES string of the molecule is CCNC(=NCC(C)(O)c1ccsc1)NCCNc1ccc2ccccc2n1.I. The Morgan fingerprint density at radius 3 is 2.72 bits per heavy atom. The fourth-order valence-electron chi connectivity index (χ4n) is 2.77. The Kier molecular flexibility index (Phi) is 9.12. The summed E-state index contributed by atoms with van der Waals surface area (Å²) in [5.74, 6) is 1.54. The number of aromatic nitrogens is 1. The topological polar surface area (TPSA) is 81.6 Å². The predicted molar refractivity (Wildman–Crippen MR) is 134 cm³/mol. The lowest BCUT2D eigenvalue weighted by Gasteiger charge is -2.21. The third-order valence-corrected chi connectivity index (χ3v) is 5.04. The maximum atomic E-state index is 10.6. The van der Waals surface area contributed by atoms with Crippen LogP contribution in [0.15, 0.2) is 58.2 Å². The van der Waals surface area contributed by atoms with E-state index in [0.717, 1.165) is 28.8 Å². The highest BCUT2D eigenvalue weighted by Crippen LogP contribution is 2.23. The average Bonchev–Trinajstić information content (AvgIpc) is 3.25. The van der Waals surface area contributed by atoms with Crippen LogP contribution in [0.3, 0.4) is 0 Å². The van der Waals surface area contributed by atoms with E-state index in [0.29, 0.717) is 25.6 Å². The predicted octanol–water partition coefficient (Wildman–Crippen LogP) is 3.79. The second-order valence-electron chi connectivity index (χ2n) is 6.72. The fraction of sp³-hybridized carbons (Fsp3) is 0.333. The number of guanidine groups is 1. The number of para-hydroxylation sites is 1. The number of fused-ring (bicyclic) bond motifs is 1. The number of aliphatic imine (C=N–C) groups is 1. The van der Waals surface area contributed by atoms with Crippen LogP contribution >= 0.6 is 35.3 Å². The van der Waals surface area contributed by atoms with Gasteiger partial charge in [0.2, 0.25) is 0 Å². The molecule has 6 nitrogen and oxygen atoms in total. The standard InChI is InChI=1S/C21H27N5OS.HI/c1-3-22-20(25-15-21(2,27)17-10-13-28-14-17)24-12-11-23-19-9-8-16-6-4-5-7-18(16)26-19;/h4-10,13-14,27H,3,11-12,15H2,1-2H3,(H,23,26)(H2,22,24,25);1H. The van der Waals surface area contributed by atoms with Gasteiger partial charge >= 0.3 is 0 Å². The van der Waals surface area contributed by atoms with Crippen molar-refractivity contribution in [3.63, 3.8) is 0 Å². The summed E-state index contributed by atoms with van der Waals surface area (Å²) in [6, 6.07) is 14.0. The van der Waals surface area contributed by atoms with Gasteiger partial charge in [-0.05, 0) is 54.4 Å². The Morgan fingerprint density at radius 1 is 1.14 bits per heavy atom. The van der Waals surface area contributed by atoms with Gasteiger partial charge in [-0.3, -0.25) is 0 Å². The van der Waals surface area contributed by atoms with Crippen LogP contribution in [0.4, 0.5) is 5.82 Å². The van der Waals surface area contributed by atoms with Crippen molar-refractivity contribution in [1.82, 2.24) is 15.6 Å².